The fourth-order valence-corrected chi connectivity index (χ4v) is 4.97. The number of aryl methyl sites for hydroxylation is 1. The number of carbonyl (C=O) groups is 3. The molecule has 244 valence electrons. The first-order valence-electron chi connectivity index (χ1n) is 16.0. The molecule has 0 aliphatic rings. The monoisotopic (exact) mass is 611 g/mol. The minimum atomic E-state index is -1.04. The summed E-state index contributed by atoms with van der Waals surface area (Å²) in [4.78, 5) is 43.0. The summed E-state index contributed by atoms with van der Waals surface area (Å²) in [6.45, 7) is 12.0. The Bertz CT molecular complexity index is 1190. The predicted molar refractivity (Wildman–Crippen MR) is 174 cm³/mol. The molecule has 2 aromatic carbocycles. The Balaban J connectivity index is 2.55. The minimum Gasteiger partial charge on any atom is -0.508 e. The van der Waals surface area contributed by atoms with Gasteiger partial charge in [0.15, 0.2) is 0 Å². The summed E-state index contributed by atoms with van der Waals surface area (Å²) in [6.07, 6.45) is 6.92. The molecule has 9 heteroatoms. The highest BCUT2D eigenvalue weighted by molar-refractivity contribution is 5.92. The number of carbonyl (C=O) groups excluding carboxylic acids is 3. The normalized spacial score (nSPS) is 12.7. The van der Waals surface area contributed by atoms with E-state index in [2.05, 4.69) is 24.5 Å². The lowest BCUT2D eigenvalue weighted by Gasteiger charge is -2.35. The van der Waals surface area contributed by atoms with Crippen LogP contribution in [0.1, 0.15) is 109 Å². The minimum absolute atomic E-state index is 0.0907. The van der Waals surface area contributed by atoms with Crippen molar-refractivity contribution in [2.24, 2.45) is 0 Å². The van der Waals surface area contributed by atoms with Gasteiger partial charge in [0, 0.05) is 19.5 Å². The van der Waals surface area contributed by atoms with Crippen LogP contribution in [0.5, 0.6) is 11.5 Å². The Kier molecular flexibility index (Phi) is 15.0. The average molecular weight is 612 g/mol. The third-order valence-corrected chi connectivity index (χ3v) is 7.33. The van der Waals surface area contributed by atoms with Crippen LogP contribution >= 0.6 is 0 Å². The van der Waals surface area contributed by atoms with Gasteiger partial charge < -0.3 is 30.5 Å². The quantitative estimate of drug-likeness (QED) is 0.148. The number of hydrogen-bond acceptors (Lipinski definition) is 6. The first-order chi connectivity index (χ1) is 20.9. The Hall–Kier alpha value is -3.75. The number of ether oxygens (including phenoxy) is 1. The SMILES string of the molecule is CCCCCCCN(C(=O)C(Cc1ccc(O)cc1)NC(=O)OC(C)(C)C)C(C(=O)NCCCCC)c1ccc(O)c(C)c1. The van der Waals surface area contributed by atoms with Gasteiger partial charge in [-0.1, -0.05) is 70.6 Å². The fraction of sp³-hybridized carbons (Fsp3) is 0.571. The van der Waals surface area contributed by atoms with Crippen molar-refractivity contribution in [3.8, 4) is 11.5 Å². The molecule has 3 amide bonds. The first-order valence-corrected chi connectivity index (χ1v) is 16.0. The molecule has 2 rings (SSSR count). The zero-order valence-corrected chi connectivity index (χ0v) is 27.4. The van der Waals surface area contributed by atoms with E-state index in [0.717, 1.165) is 50.5 Å². The molecule has 0 spiro atoms. The van der Waals surface area contributed by atoms with Gasteiger partial charge in [-0.3, -0.25) is 9.59 Å². The van der Waals surface area contributed by atoms with Crippen molar-refractivity contribution in [2.75, 3.05) is 13.1 Å². The van der Waals surface area contributed by atoms with Crippen molar-refractivity contribution in [3.63, 3.8) is 0 Å². The molecule has 2 atom stereocenters. The molecule has 4 N–H and O–H groups in total. The van der Waals surface area contributed by atoms with Crippen LogP contribution in [0.3, 0.4) is 0 Å². The van der Waals surface area contributed by atoms with E-state index in [1.54, 1.807) is 62.9 Å². The number of nitrogens with one attached hydrogen (secondary N) is 2. The van der Waals surface area contributed by atoms with Crippen LogP contribution in [0.15, 0.2) is 42.5 Å². The Morgan fingerprint density at radius 1 is 0.886 bits per heavy atom. The molecule has 2 aromatic rings. The van der Waals surface area contributed by atoms with E-state index < -0.39 is 29.7 Å². The number of rotatable bonds is 17. The van der Waals surface area contributed by atoms with Crippen LogP contribution in [0, 0.1) is 6.92 Å². The van der Waals surface area contributed by atoms with Crippen molar-refractivity contribution in [3.05, 3.63) is 59.2 Å². The summed E-state index contributed by atoms with van der Waals surface area (Å²) >= 11 is 0. The number of alkyl carbamates (subject to hydrolysis) is 1. The number of hydrogen-bond donors (Lipinski definition) is 4. The van der Waals surface area contributed by atoms with Crippen LogP contribution in [-0.4, -0.2) is 57.8 Å². The van der Waals surface area contributed by atoms with Gasteiger partial charge in [-0.05, 0) is 81.5 Å². The number of phenols is 2. The van der Waals surface area contributed by atoms with E-state index in [4.69, 9.17) is 4.74 Å². The van der Waals surface area contributed by atoms with E-state index in [1.807, 2.05) is 0 Å². The molecule has 0 aliphatic carbocycles. The smallest absolute Gasteiger partial charge is 0.408 e. The molecule has 0 fully saturated rings. The van der Waals surface area contributed by atoms with Crippen molar-refractivity contribution in [1.29, 1.82) is 0 Å². The van der Waals surface area contributed by atoms with E-state index in [1.165, 1.54) is 12.1 Å². The fourth-order valence-electron chi connectivity index (χ4n) is 4.97. The summed E-state index contributed by atoms with van der Waals surface area (Å²) in [5, 5.41) is 25.8. The van der Waals surface area contributed by atoms with Gasteiger partial charge >= 0.3 is 6.09 Å². The lowest BCUT2D eigenvalue weighted by molar-refractivity contribution is -0.142. The highest BCUT2D eigenvalue weighted by Crippen LogP contribution is 2.28. The first kappa shape index (κ1) is 36.4. The third-order valence-electron chi connectivity index (χ3n) is 7.33. The number of phenolic OH excluding ortho intramolecular Hbond substituents is 2. The van der Waals surface area contributed by atoms with Gasteiger partial charge in [-0.25, -0.2) is 4.79 Å². The van der Waals surface area contributed by atoms with Crippen molar-refractivity contribution in [2.45, 2.75) is 117 Å². The Morgan fingerprint density at radius 2 is 1.52 bits per heavy atom. The summed E-state index contributed by atoms with van der Waals surface area (Å²) in [5.41, 5.74) is 1.12. The van der Waals surface area contributed by atoms with Gasteiger partial charge in [0.25, 0.3) is 0 Å². The van der Waals surface area contributed by atoms with Crippen LogP contribution < -0.4 is 10.6 Å². The highest BCUT2D eigenvalue weighted by Gasteiger charge is 2.36. The molecule has 44 heavy (non-hydrogen) atoms. The van der Waals surface area contributed by atoms with Crippen molar-refractivity contribution in [1.82, 2.24) is 15.5 Å². The average Bonchev–Trinajstić information content (AvgIpc) is 2.95. The topological polar surface area (TPSA) is 128 Å². The third kappa shape index (κ3) is 12.5. The number of aromatic hydroxyl groups is 2. The summed E-state index contributed by atoms with van der Waals surface area (Å²) < 4.78 is 5.51. The van der Waals surface area contributed by atoms with Crippen molar-refractivity contribution >= 4 is 17.9 Å². The van der Waals surface area contributed by atoms with Gasteiger partial charge in [-0.2, -0.15) is 0 Å². The van der Waals surface area contributed by atoms with Crippen LogP contribution in [0.2, 0.25) is 0 Å². The van der Waals surface area contributed by atoms with Gasteiger partial charge in [0.05, 0.1) is 0 Å². The highest BCUT2D eigenvalue weighted by atomic mass is 16.6. The maximum absolute atomic E-state index is 14.6. The van der Waals surface area contributed by atoms with E-state index >= 15 is 0 Å². The van der Waals surface area contributed by atoms with Crippen LogP contribution in [0.25, 0.3) is 0 Å². The lowest BCUT2D eigenvalue weighted by Crippen LogP contribution is -2.54. The number of amides is 3. The number of unbranched alkanes of at least 4 members (excludes halogenated alkanes) is 6. The molecule has 0 heterocycles. The zero-order valence-electron chi connectivity index (χ0n) is 27.4. The second-order valence-corrected chi connectivity index (χ2v) is 12.5. The molecule has 2 unspecified atom stereocenters. The Labute approximate surface area is 263 Å². The van der Waals surface area contributed by atoms with Gasteiger partial charge in [-0.15, -0.1) is 0 Å². The molecule has 9 nitrogen and oxygen atoms in total. The van der Waals surface area contributed by atoms with Crippen LogP contribution in [0.4, 0.5) is 4.79 Å². The molecule has 0 aliphatic heterocycles. The van der Waals surface area contributed by atoms with E-state index in [9.17, 15) is 24.6 Å². The Morgan fingerprint density at radius 3 is 2.14 bits per heavy atom. The molecule has 0 radical (unpaired) electrons. The predicted octanol–water partition coefficient (Wildman–Crippen LogP) is 6.69. The zero-order chi connectivity index (χ0) is 32.7. The summed E-state index contributed by atoms with van der Waals surface area (Å²) in [7, 11) is 0. The number of nitrogens with zero attached hydrogens (tertiary/aromatic N) is 1. The lowest BCUT2D eigenvalue weighted by atomic mass is 9.98. The molecule has 0 saturated carbocycles. The largest absolute Gasteiger partial charge is 0.508 e. The van der Waals surface area contributed by atoms with Crippen molar-refractivity contribution < 1.29 is 29.3 Å². The molecule has 0 bridgehead atoms. The second-order valence-electron chi connectivity index (χ2n) is 12.5. The van der Waals surface area contributed by atoms with E-state index in [-0.39, 0.29) is 23.8 Å². The molecule has 0 aromatic heterocycles. The molecular formula is C35H53N3O6. The second kappa shape index (κ2) is 18.1. The van der Waals surface area contributed by atoms with Gasteiger partial charge in [0.1, 0.15) is 29.2 Å². The number of benzene rings is 2. The van der Waals surface area contributed by atoms with Gasteiger partial charge in [0.2, 0.25) is 11.8 Å². The molecular weight excluding hydrogens is 558 g/mol. The summed E-state index contributed by atoms with van der Waals surface area (Å²) in [5.74, 6) is -0.536. The molecule has 0 saturated heterocycles. The standard InChI is InChI=1S/C35H53N3O6/c1-7-9-11-12-14-22-38(31(32(41)36-21-13-10-8-2)27-17-20-30(40)25(3)23-27)33(42)29(37-34(43)44-35(4,5)6)24-26-15-18-28(39)19-16-26/h15-20,23,29,31,39-40H,7-14,21-22,24H2,1-6H3,(H,36,41)(H,37,43). The maximum atomic E-state index is 14.6. The summed E-state index contributed by atoms with van der Waals surface area (Å²) in [6, 6.07) is 9.38. The van der Waals surface area contributed by atoms with Crippen LogP contribution in [-0.2, 0) is 20.7 Å². The van der Waals surface area contributed by atoms with E-state index in [0.29, 0.717) is 30.6 Å². The maximum Gasteiger partial charge on any atom is 0.408 e.